The smallest absolute Gasteiger partial charge is 0.314 e. The summed E-state index contributed by atoms with van der Waals surface area (Å²) < 4.78 is 5.40. The van der Waals surface area contributed by atoms with Crippen LogP contribution in [0.4, 0.5) is 5.69 Å². The van der Waals surface area contributed by atoms with Crippen molar-refractivity contribution in [2.24, 2.45) is 5.92 Å². The molecule has 0 heterocycles. The number of anilines is 1. The van der Waals surface area contributed by atoms with E-state index in [1.807, 2.05) is 56.3 Å². The van der Waals surface area contributed by atoms with Gasteiger partial charge in [0, 0.05) is 16.6 Å². The minimum Gasteiger partial charge on any atom is -0.426 e. The Kier molecular flexibility index (Phi) is 5.87. The summed E-state index contributed by atoms with van der Waals surface area (Å²) in [5.41, 5.74) is 1.27. The lowest BCUT2D eigenvalue weighted by Gasteiger charge is -2.12. The molecular weight excluding hydrogens is 338 g/mol. The van der Waals surface area contributed by atoms with Crippen LogP contribution in [-0.2, 0) is 4.79 Å². The maximum Gasteiger partial charge on any atom is 0.314 e. The molecule has 0 saturated carbocycles. The molecule has 0 radical (unpaired) electrons. The number of hydrogen-bond donors (Lipinski definition) is 1. The summed E-state index contributed by atoms with van der Waals surface area (Å²) in [7, 11) is 0. The third-order valence-electron chi connectivity index (χ3n) is 4.69. The van der Waals surface area contributed by atoms with E-state index in [0.717, 1.165) is 29.3 Å². The maximum atomic E-state index is 12.6. The summed E-state index contributed by atoms with van der Waals surface area (Å²) in [6.45, 7) is 3.94. The number of nitrogens with one attached hydrogen (secondary N) is 1. The monoisotopic (exact) mass is 361 g/mol. The summed E-state index contributed by atoms with van der Waals surface area (Å²) in [4.78, 5) is 24.6. The Morgan fingerprint density at radius 1 is 0.889 bits per heavy atom. The number of amides is 1. The van der Waals surface area contributed by atoms with Gasteiger partial charge in [-0.15, -0.1) is 0 Å². The van der Waals surface area contributed by atoms with Gasteiger partial charge >= 0.3 is 5.97 Å². The third-order valence-corrected chi connectivity index (χ3v) is 4.69. The van der Waals surface area contributed by atoms with Crippen LogP contribution in [0.25, 0.3) is 10.8 Å². The number of esters is 1. The van der Waals surface area contributed by atoms with E-state index < -0.39 is 0 Å². The number of carbonyl (C=O) groups is 2. The van der Waals surface area contributed by atoms with Crippen LogP contribution in [0, 0.1) is 5.92 Å². The van der Waals surface area contributed by atoms with Gasteiger partial charge in [0.1, 0.15) is 5.75 Å². The number of benzene rings is 3. The molecule has 27 heavy (non-hydrogen) atoms. The first-order valence-electron chi connectivity index (χ1n) is 9.23. The molecule has 0 atom stereocenters. The van der Waals surface area contributed by atoms with E-state index in [1.165, 1.54) is 0 Å². The van der Waals surface area contributed by atoms with Crippen molar-refractivity contribution in [3.63, 3.8) is 0 Å². The molecule has 3 aromatic carbocycles. The summed E-state index contributed by atoms with van der Waals surface area (Å²) in [5.74, 6) is -0.0786. The fourth-order valence-electron chi connectivity index (χ4n) is 3.02. The van der Waals surface area contributed by atoms with Gasteiger partial charge in [-0.3, -0.25) is 9.59 Å². The maximum absolute atomic E-state index is 12.6. The fourth-order valence-corrected chi connectivity index (χ4v) is 3.02. The average Bonchev–Trinajstić information content (AvgIpc) is 2.70. The highest BCUT2D eigenvalue weighted by atomic mass is 16.5. The van der Waals surface area contributed by atoms with E-state index in [1.54, 1.807) is 24.3 Å². The molecule has 3 aromatic rings. The SMILES string of the molecule is CCC(CC)C(=O)Oc1ccc(C(=O)Nc2cccc3ccccc23)cc1. The number of fused-ring (bicyclic) bond motifs is 1. The van der Waals surface area contributed by atoms with E-state index >= 15 is 0 Å². The van der Waals surface area contributed by atoms with Crippen LogP contribution in [0.3, 0.4) is 0 Å². The second-order valence-electron chi connectivity index (χ2n) is 6.44. The molecule has 4 nitrogen and oxygen atoms in total. The van der Waals surface area contributed by atoms with Crippen molar-refractivity contribution in [3.05, 3.63) is 72.3 Å². The molecule has 0 unspecified atom stereocenters. The lowest BCUT2D eigenvalue weighted by Crippen LogP contribution is -2.19. The predicted molar refractivity (Wildman–Crippen MR) is 108 cm³/mol. The zero-order valence-electron chi connectivity index (χ0n) is 15.6. The minimum atomic E-state index is -0.229. The Morgan fingerprint density at radius 2 is 1.56 bits per heavy atom. The molecule has 1 amide bonds. The van der Waals surface area contributed by atoms with E-state index in [4.69, 9.17) is 4.74 Å². The van der Waals surface area contributed by atoms with Crippen LogP contribution in [0.5, 0.6) is 5.75 Å². The van der Waals surface area contributed by atoms with Gasteiger partial charge in [0.25, 0.3) is 5.91 Å². The van der Waals surface area contributed by atoms with E-state index in [2.05, 4.69) is 5.32 Å². The van der Waals surface area contributed by atoms with Crippen LogP contribution in [0.1, 0.15) is 37.0 Å². The van der Waals surface area contributed by atoms with Crippen LogP contribution < -0.4 is 10.1 Å². The van der Waals surface area contributed by atoms with E-state index in [-0.39, 0.29) is 17.8 Å². The van der Waals surface area contributed by atoms with Crippen molar-refractivity contribution in [1.82, 2.24) is 0 Å². The standard InChI is InChI=1S/C23H23NO3/c1-3-16(4-2)23(26)27-19-14-12-18(13-15-19)22(25)24-21-11-7-9-17-8-5-6-10-20(17)21/h5-16H,3-4H2,1-2H3,(H,24,25). The third kappa shape index (κ3) is 4.34. The van der Waals surface area contributed by atoms with Gasteiger partial charge in [-0.05, 0) is 48.6 Å². The van der Waals surface area contributed by atoms with Gasteiger partial charge in [-0.25, -0.2) is 0 Å². The zero-order chi connectivity index (χ0) is 19.2. The highest BCUT2D eigenvalue weighted by Crippen LogP contribution is 2.24. The molecule has 138 valence electrons. The van der Waals surface area contributed by atoms with Crippen LogP contribution in [0.15, 0.2) is 66.7 Å². The highest BCUT2D eigenvalue weighted by Gasteiger charge is 2.16. The van der Waals surface area contributed by atoms with Crippen molar-refractivity contribution >= 4 is 28.3 Å². The predicted octanol–water partition coefficient (Wildman–Crippen LogP) is 5.43. The summed E-state index contributed by atoms with van der Waals surface area (Å²) in [6, 6.07) is 20.3. The fraction of sp³-hybridized carbons (Fsp3) is 0.217. The first-order valence-corrected chi connectivity index (χ1v) is 9.23. The Labute approximate surface area is 159 Å². The number of carbonyl (C=O) groups excluding carboxylic acids is 2. The van der Waals surface area contributed by atoms with Gasteiger partial charge in [0.05, 0.1) is 5.92 Å². The van der Waals surface area contributed by atoms with E-state index in [0.29, 0.717) is 11.3 Å². The first-order chi connectivity index (χ1) is 13.1. The molecule has 0 aliphatic carbocycles. The van der Waals surface area contributed by atoms with Gasteiger partial charge in [-0.2, -0.15) is 0 Å². The Bertz CT molecular complexity index is 938. The molecule has 4 heteroatoms. The molecule has 0 saturated heterocycles. The van der Waals surface area contributed by atoms with Crippen LogP contribution in [-0.4, -0.2) is 11.9 Å². The Hall–Kier alpha value is -3.14. The van der Waals surface area contributed by atoms with Crippen molar-refractivity contribution in [2.45, 2.75) is 26.7 Å². The molecular formula is C23H23NO3. The van der Waals surface area contributed by atoms with Gasteiger partial charge < -0.3 is 10.1 Å². The lowest BCUT2D eigenvalue weighted by atomic mass is 10.0. The largest absolute Gasteiger partial charge is 0.426 e. The molecule has 0 fully saturated rings. The Balaban J connectivity index is 1.71. The molecule has 3 rings (SSSR count). The van der Waals surface area contributed by atoms with Gasteiger partial charge in [0.2, 0.25) is 0 Å². The average molecular weight is 361 g/mol. The zero-order valence-corrected chi connectivity index (χ0v) is 15.6. The van der Waals surface area contributed by atoms with Gasteiger partial charge in [0.15, 0.2) is 0 Å². The van der Waals surface area contributed by atoms with Crippen molar-refractivity contribution in [2.75, 3.05) is 5.32 Å². The van der Waals surface area contributed by atoms with Crippen LogP contribution in [0.2, 0.25) is 0 Å². The molecule has 0 aromatic heterocycles. The molecule has 1 N–H and O–H groups in total. The van der Waals surface area contributed by atoms with E-state index in [9.17, 15) is 9.59 Å². The topological polar surface area (TPSA) is 55.4 Å². The van der Waals surface area contributed by atoms with Gasteiger partial charge in [-0.1, -0.05) is 50.2 Å². The summed E-state index contributed by atoms with van der Waals surface area (Å²) >= 11 is 0. The normalized spacial score (nSPS) is 10.8. The summed E-state index contributed by atoms with van der Waals surface area (Å²) in [6.07, 6.45) is 1.50. The van der Waals surface area contributed by atoms with Crippen molar-refractivity contribution < 1.29 is 14.3 Å². The highest BCUT2D eigenvalue weighted by molar-refractivity contribution is 6.09. The molecule has 0 aliphatic heterocycles. The molecule has 0 aliphatic rings. The minimum absolute atomic E-state index is 0.0978. The second kappa shape index (κ2) is 8.49. The van der Waals surface area contributed by atoms with Crippen molar-refractivity contribution in [3.8, 4) is 5.75 Å². The van der Waals surface area contributed by atoms with Crippen molar-refractivity contribution in [1.29, 1.82) is 0 Å². The second-order valence-corrected chi connectivity index (χ2v) is 6.44. The van der Waals surface area contributed by atoms with Crippen LogP contribution >= 0.6 is 0 Å². The Morgan fingerprint density at radius 3 is 2.26 bits per heavy atom. The number of hydrogen-bond acceptors (Lipinski definition) is 3. The lowest BCUT2D eigenvalue weighted by molar-refractivity contribution is -0.139. The first kappa shape index (κ1) is 18.6. The molecule has 0 spiro atoms. The summed E-state index contributed by atoms with van der Waals surface area (Å²) in [5, 5.41) is 5.01. The number of rotatable bonds is 6. The number of ether oxygens (including phenoxy) is 1. The quantitative estimate of drug-likeness (QED) is 0.470. The molecule has 0 bridgehead atoms.